The van der Waals surface area contributed by atoms with Crippen LogP contribution in [-0.2, 0) is 4.79 Å². The van der Waals surface area contributed by atoms with Crippen LogP contribution in [0.1, 0.15) is 10.9 Å². The normalized spacial score (nSPS) is 22.0. The number of benzene rings is 3. The number of carbonyl (C=O) groups is 2. The molecule has 0 saturated carbocycles. The maximum absolute atomic E-state index is 13.7. The first-order valence-corrected chi connectivity index (χ1v) is 9.71. The fraction of sp³-hybridized carbons (Fsp3) is 0.143. The van der Waals surface area contributed by atoms with E-state index in [4.69, 9.17) is 0 Å². The fourth-order valence-corrected chi connectivity index (χ4v) is 5.24. The third-order valence-corrected chi connectivity index (χ3v) is 6.38. The van der Waals surface area contributed by atoms with Crippen LogP contribution in [0.4, 0.5) is 14.9 Å². The van der Waals surface area contributed by atoms with Crippen LogP contribution in [0.2, 0.25) is 0 Å². The van der Waals surface area contributed by atoms with Crippen molar-refractivity contribution in [1.82, 2.24) is 4.90 Å². The summed E-state index contributed by atoms with van der Waals surface area (Å²) in [5.74, 6) is -0.0595. The summed E-state index contributed by atoms with van der Waals surface area (Å²) >= 11 is 1.50. The average Bonchev–Trinajstić information content (AvgIpc) is 3.22. The fourth-order valence-electron chi connectivity index (χ4n) is 3.83. The standard InChI is InChI=1S/C21H15FN2O2S/c22-15-8-3-7-14(11-15)20-24-18(12-27-20)19(25)23(21(24)26)17-10-4-6-13-5-1-2-9-16(13)17/h1-11,18,20H,12H2/t18-,20-/m0/s1. The van der Waals surface area contributed by atoms with Crippen molar-refractivity contribution in [3.8, 4) is 0 Å². The lowest BCUT2D eigenvalue weighted by atomic mass is 10.1. The minimum Gasteiger partial charge on any atom is -0.295 e. The predicted octanol–water partition coefficient (Wildman–Crippen LogP) is 4.56. The van der Waals surface area contributed by atoms with Crippen molar-refractivity contribution in [3.63, 3.8) is 0 Å². The third-order valence-electron chi connectivity index (χ3n) is 5.06. The summed E-state index contributed by atoms with van der Waals surface area (Å²) in [6.45, 7) is 0. The summed E-state index contributed by atoms with van der Waals surface area (Å²) in [6, 6.07) is 18.6. The number of urea groups is 1. The molecule has 0 radical (unpaired) electrons. The van der Waals surface area contributed by atoms with Gasteiger partial charge in [0.15, 0.2) is 0 Å². The molecule has 0 aliphatic carbocycles. The highest BCUT2D eigenvalue weighted by molar-refractivity contribution is 7.99. The Kier molecular flexibility index (Phi) is 3.68. The minimum absolute atomic E-state index is 0.220. The molecule has 0 spiro atoms. The summed E-state index contributed by atoms with van der Waals surface area (Å²) in [5, 5.41) is 1.47. The van der Waals surface area contributed by atoms with Gasteiger partial charge >= 0.3 is 6.03 Å². The highest BCUT2D eigenvalue weighted by Gasteiger charge is 2.53. The first kappa shape index (κ1) is 16.3. The number of thioether (sulfide) groups is 1. The van der Waals surface area contributed by atoms with Gasteiger partial charge in [-0.1, -0.05) is 48.5 Å². The van der Waals surface area contributed by atoms with Crippen LogP contribution in [0.15, 0.2) is 66.7 Å². The molecule has 6 heteroatoms. The molecule has 2 fully saturated rings. The summed E-state index contributed by atoms with van der Waals surface area (Å²) in [6.07, 6.45) is 0. The number of imide groups is 1. The van der Waals surface area contributed by atoms with Crippen LogP contribution < -0.4 is 4.90 Å². The number of anilines is 1. The van der Waals surface area contributed by atoms with Crippen molar-refractivity contribution < 1.29 is 14.0 Å². The average molecular weight is 378 g/mol. The van der Waals surface area contributed by atoms with E-state index in [0.717, 1.165) is 10.8 Å². The second-order valence-corrected chi connectivity index (χ2v) is 7.73. The number of rotatable bonds is 2. The molecule has 0 bridgehead atoms. The molecule has 27 heavy (non-hydrogen) atoms. The Labute approximate surface area is 159 Å². The highest BCUT2D eigenvalue weighted by atomic mass is 32.2. The van der Waals surface area contributed by atoms with Crippen molar-refractivity contribution in [2.24, 2.45) is 0 Å². The molecule has 0 N–H and O–H groups in total. The van der Waals surface area contributed by atoms with E-state index < -0.39 is 6.04 Å². The Bertz CT molecular complexity index is 1080. The van der Waals surface area contributed by atoms with E-state index in [1.807, 2.05) is 36.4 Å². The van der Waals surface area contributed by atoms with E-state index in [1.165, 1.54) is 28.8 Å². The van der Waals surface area contributed by atoms with Crippen molar-refractivity contribution >= 4 is 40.2 Å². The molecule has 2 saturated heterocycles. The zero-order valence-electron chi connectivity index (χ0n) is 14.2. The third kappa shape index (κ3) is 2.44. The molecule has 3 aromatic rings. The second kappa shape index (κ2) is 6.09. The molecule has 2 aliphatic heterocycles. The molecule has 3 aromatic carbocycles. The maximum Gasteiger partial charge on any atom is 0.333 e. The van der Waals surface area contributed by atoms with Gasteiger partial charge in [-0.3, -0.25) is 9.69 Å². The van der Waals surface area contributed by atoms with Crippen LogP contribution in [0.5, 0.6) is 0 Å². The smallest absolute Gasteiger partial charge is 0.295 e. The van der Waals surface area contributed by atoms with Gasteiger partial charge in [-0.25, -0.2) is 14.1 Å². The summed E-state index contributed by atoms with van der Waals surface area (Å²) in [5.41, 5.74) is 1.30. The van der Waals surface area contributed by atoms with Gasteiger partial charge in [-0.2, -0.15) is 0 Å². The van der Waals surface area contributed by atoms with Crippen LogP contribution in [0, 0.1) is 5.82 Å². The lowest BCUT2D eigenvalue weighted by Crippen LogP contribution is -2.34. The predicted molar refractivity (Wildman–Crippen MR) is 104 cm³/mol. The number of hydrogen-bond donors (Lipinski definition) is 0. The van der Waals surface area contributed by atoms with E-state index in [9.17, 15) is 14.0 Å². The largest absolute Gasteiger partial charge is 0.333 e. The van der Waals surface area contributed by atoms with Gasteiger partial charge in [0.2, 0.25) is 0 Å². The zero-order valence-corrected chi connectivity index (χ0v) is 15.0. The van der Waals surface area contributed by atoms with Gasteiger partial charge in [-0.05, 0) is 29.1 Å². The minimum atomic E-state index is -0.519. The molecular weight excluding hydrogens is 363 g/mol. The molecule has 2 aliphatic rings. The molecule has 3 amide bonds. The van der Waals surface area contributed by atoms with Gasteiger partial charge in [-0.15, -0.1) is 11.8 Å². The number of hydrogen-bond acceptors (Lipinski definition) is 3. The topological polar surface area (TPSA) is 40.6 Å². The first-order chi connectivity index (χ1) is 13.1. The quantitative estimate of drug-likeness (QED) is 0.614. The number of halogens is 1. The molecule has 4 nitrogen and oxygen atoms in total. The SMILES string of the molecule is O=C1[C@@H]2CS[C@@H](c3cccc(F)c3)N2C(=O)N1c1cccc2ccccc12. The van der Waals surface area contributed by atoms with Crippen molar-refractivity contribution in [2.45, 2.75) is 11.4 Å². The lowest BCUT2D eigenvalue weighted by Gasteiger charge is -2.23. The number of amides is 3. The summed E-state index contributed by atoms with van der Waals surface area (Å²) in [4.78, 5) is 29.2. The van der Waals surface area contributed by atoms with Gasteiger partial charge in [0.1, 0.15) is 17.2 Å². The van der Waals surface area contributed by atoms with Gasteiger partial charge < -0.3 is 0 Å². The lowest BCUT2D eigenvalue weighted by molar-refractivity contribution is -0.119. The Morgan fingerprint density at radius 3 is 2.59 bits per heavy atom. The summed E-state index contributed by atoms with van der Waals surface area (Å²) < 4.78 is 13.7. The van der Waals surface area contributed by atoms with Crippen LogP contribution in [0.3, 0.4) is 0 Å². The number of carbonyl (C=O) groups excluding carboxylic acids is 2. The zero-order chi connectivity index (χ0) is 18.5. The summed E-state index contributed by atoms with van der Waals surface area (Å²) in [7, 11) is 0. The molecule has 2 heterocycles. The van der Waals surface area contributed by atoms with Crippen molar-refractivity contribution in [1.29, 1.82) is 0 Å². The molecular formula is C21H15FN2O2S. The molecule has 134 valence electrons. The highest BCUT2D eigenvalue weighted by Crippen LogP contribution is 2.46. The Morgan fingerprint density at radius 1 is 0.963 bits per heavy atom. The maximum atomic E-state index is 13.7. The molecule has 0 unspecified atom stereocenters. The Balaban J connectivity index is 1.58. The molecule has 0 aromatic heterocycles. The van der Waals surface area contributed by atoms with Gasteiger partial charge in [0.25, 0.3) is 5.91 Å². The Morgan fingerprint density at radius 2 is 1.74 bits per heavy atom. The number of nitrogens with zero attached hydrogens (tertiary/aromatic N) is 2. The van der Waals surface area contributed by atoms with Crippen molar-refractivity contribution in [2.75, 3.05) is 10.7 Å². The monoisotopic (exact) mass is 378 g/mol. The second-order valence-electron chi connectivity index (χ2n) is 6.62. The van der Waals surface area contributed by atoms with Crippen molar-refractivity contribution in [3.05, 3.63) is 78.1 Å². The van der Waals surface area contributed by atoms with Gasteiger partial charge in [0, 0.05) is 11.1 Å². The number of fused-ring (bicyclic) bond motifs is 2. The van der Waals surface area contributed by atoms with Crippen LogP contribution >= 0.6 is 11.8 Å². The van der Waals surface area contributed by atoms with Crippen LogP contribution in [-0.4, -0.2) is 28.6 Å². The molecule has 5 rings (SSSR count). The van der Waals surface area contributed by atoms with E-state index in [2.05, 4.69) is 0 Å². The van der Waals surface area contributed by atoms with E-state index in [0.29, 0.717) is 17.0 Å². The van der Waals surface area contributed by atoms with E-state index in [1.54, 1.807) is 23.1 Å². The first-order valence-electron chi connectivity index (χ1n) is 8.66. The Hall–Kier alpha value is -2.86. The van der Waals surface area contributed by atoms with E-state index >= 15 is 0 Å². The van der Waals surface area contributed by atoms with E-state index in [-0.39, 0.29) is 23.1 Å². The molecule has 2 atom stereocenters. The van der Waals surface area contributed by atoms with Crippen LogP contribution in [0.25, 0.3) is 10.8 Å². The van der Waals surface area contributed by atoms with Gasteiger partial charge in [0.05, 0.1) is 5.69 Å².